The second-order valence-corrected chi connectivity index (χ2v) is 20.5. The summed E-state index contributed by atoms with van der Waals surface area (Å²) in [5.41, 5.74) is 17.1. The Hall–Kier alpha value is -7.20. The molecule has 0 unspecified atom stereocenters. The molecule has 3 heteroatoms. The van der Waals surface area contributed by atoms with Gasteiger partial charge in [-0.05, 0) is 122 Å². The van der Waals surface area contributed by atoms with E-state index in [4.69, 9.17) is 0 Å². The van der Waals surface area contributed by atoms with Crippen LogP contribution in [0.4, 0.5) is 17.1 Å². The molecular weight excluding hydrogens is 729 g/mol. The fourth-order valence-electron chi connectivity index (χ4n) is 9.38. The lowest BCUT2D eigenvalue weighted by Gasteiger charge is -2.28. The molecule has 0 atom stereocenters. The SMILES string of the molecule is C[Si]1(C)c2ccccc2-c2ccc(N(c3ccc(-c4ccccc4)cc3)c3ccc(-c4ccc(-c5ccc6c(c5)c5ccccc5n6-c5ccccc5)cc4)cc3)cc21. The normalized spacial score (nSPS) is 12.7. The number of anilines is 3. The van der Waals surface area contributed by atoms with E-state index in [2.05, 4.69) is 241 Å². The van der Waals surface area contributed by atoms with E-state index in [9.17, 15) is 0 Å². The number of rotatable bonds is 7. The van der Waals surface area contributed by atoms with Gasteiger partial charge >= 0.3 is 0 Å². The summed E-state index contributed by atoms with van der Waals surface area (Å²) in [6.07, 6.45) is 0. The lowest BCUT2D eigenvalue weighted by atomic mass is 9.98. The quantitative estimate of drug-likeness (QED) is 0.147. The largest absolute Gasteiger partial charge is 0.311 e. The van der Waals surface area contributed by atoms with E-state index in [1.807, 2.05) is 0 Å². The molecule has 0 saturated heterocycles. The van der Waals surface area contributed by atoms with Gasteiger partial charge in [0.15, 0.2) is 0 Å². The fourth-order valence-corrected chi connectivity index (χ4v) is 12.5. The third-order valence-electron chi connectivity index (χ3n) is 12.4. The first-order chi connectivity index (χ1) is 29.0. The van der Waals surface area contributed by atoms with Gasteiger partial charge in [0.2, 0.25) is 0 Å². The molecule has 59 heavy (non-hydrogen) atoms. The molecule has 0 aliphatic carbocycles. The van der Waals surface area contributed by atoms with Crippen molar-refractivity contribution in [3.05, 3.63) is 218 Å². The van der Waals surface area contributed by atoms with Crippen LogP contribution in [0.2, 0.25) is 13.1 Å². The molecular formula is C56H42N2Si. The second-order valence-electron chi connectivity index (χ2n) is 16.2. The van der Waals surface area contributed by atoms with Crippen molar-refractivity contribution in [1.29, 1.82) is 0 Å². The number of aromatic nitrogens is 1. The molecule has 0 fully saturated rings. The summed E-state index contributed by atoms with van der Waals surface area (Å²) in [5.74, 6) is 0. The molecule has 0 radical (unpaired) electrons. The van der Waals surface area contributed by atoms with E-state index in [0.717, 1.165) is 11.4 Å². The minimum atomic E-state index is -1.86. The van der Waals surface area contributed by atoms with Crippen LogP contribution in [0.3, 0.4) is 0 Å². The molecule has 0 N–H and O–H groups in total. The molecule has 1 aromatic heterocycles. The fraction of sp³-hybridized carbons (Fsp3) is 0.0357. The lowest BCUT2D eigenvalue weighted by molar-refractivity contribution is 1.18. The summed E-state index contributed by atoms with van der Waals surface area (Å²) < 4.78 is 2.37. The highest BCUT2D eigenvalue weighted by molar-refractivity contribution is 7.03. The van der Waals surface area contributed by atoms with Crippen LogP contribution in [-0.2, 0) is 0 Å². The lowest BCUT2D eigenvalue weighted by Crippen LogP contribution is -2.49. The van der Waals surface area contributed by atoms with Gasteiger partial charge in [-0.15, -0.1) is 0 Å². The Labute approximate surface area is 346 Å². The molecule has 10 aromatic rings. The number of benzene rings is 9. The van der Waals surface area contributed by atoms with Crippen LogP contribution < -0.4 is 15.3 Å². The maximum atomic E-state index is 2.49. The smallest absolute Gasteiger partial charge is 0.113 e. The number of para-hydroxylation sites is 2. The summed E-state index contributed by atoms with van der Waals surface area (Å²) in [4.78, 5) is 2.42. The Morgan fingerprint density at radius 3 is 1.49 bits per heavy atom. The summed E-state index contributed by atoms with van der Waals surface area (Å²) in [6, 6.07) is 80.1. The zero-order valence-corrected chi connectivity index (χ0v) is 34.2. The number of nitrogens with zero attached hydrogens (tertiary/aromatic N) is 2. The first-order valence-electron chi connectivity index (χ1n) is 20.5. The van der Waals surface area contributed by atoms with Gasteiger partial charge in [-0.25, -0.2) is 0 Å². The van der Waals surface area contributed by atoms with Crippen molar-refractivity contribution in [1.82, 2.24) is 4.57 Å². The van der Waals surface area contributed by atoms with Gasteiger partial charge in [0.1, 0.15) is 8.07 Å². The highest BCUT2D eigenvalue weighted by Gasteiger charge is 2.37. The van der Waals surface area contributed by atoms with Gasteiger partial charge < -0.3 is 9.47 Å². The molecule has 0 spiro atoms. The van der Waals surface area contributed by atoms with Crippen molar-refractivity contribution in [2.45, 2.75) is 13.1 Å². The minimum absolute atomic E-state index is 1.13. The van der Waals surface area contributed by atoms with Crippen molar-refractivity contribution >= 4 is 57.3 Å². The average Bonchev–Trinajstić information content (AvgIpc) is 3.75. The summed E-state index contributed by atoms with van der Waals surface area (Å²) in [6.45, 7) is 4.98. The summed E-state index contributed by atoms with van der Waals surface area (Å²) in [7, 11) is -1.86. The molecule has 11 rings (SSSR count). The molecule has 0 amide bonds. The standard InChI is InChI=1S/C56H42N2Si/c1-59(2)55-20-12-10-18-50(55)51-35-34-48(38-56(51)59)57(46-30-25-41(26-31-46)39-13-5-3-6-14-39)47-32-27-42(28-33-47)40-21-23-43(24-22-40)44-29-36-54-52(37-44)49-17-9-11-19-53(49)58(54)45-15-7-4-8-16-45/h3-38H,1-2H3. The van der Waals surface area contributed by atoms with E-state index in [0.29, 0.717) is 0 Å². The topological polar surface area (TPSA) is 8.17 Å². The highest BCUT2D eigenvalue weighted by Crippen LogP contribution is 2.40. The Morgan fingerprint density at radius 2 is 0.814 bits per heavy atom. The Balaban J connectivity index is 0.932. The van der Waals surface area contributed by atoms with Gasteiger partial charge in [0.05, 0.1) is 11.0 Å². The summed E-state index contributed by atoms with van der Waals surface area (Å²) in [5, 5.41) is 5.55. The first kappa shape index (κ1) is 35.0. The predicted molar refractivity (Wildman–Crippen MR) is 254 cm³/mol. The zero-order chi connectivity index (χ0) is 39.5. The molecule has 2 nitrogen and oxygen atoms in total. The van der Waals surface area contributed by atoms with Crippen LogP contribution in [-0.4, -0.2) is 12.6 Å². The molecule has 9 aromatic carbocycles. The van der Waals surface area contributed by atoms with Crippen molar-refractivity contribution < 1.29 is 0 Å². The van der Waals surface area contributed by atoms with Crippen LogP contribution in [0, 0.1) is 0 Å². The molecule has 1 aliphatic rings. The number of hydrogen-bond acceptors (Lipinski definition) is 1. The predicted octanol–water partition coefficient (Wildman–Crippen LogP) is 14.1. The van der Waals surface area contributed by atoms with Crippen LogP contribution in [0.1, 0.15) is 0 Å². The van der Waals surface area contributed by atoms with E-state index >= 15 is 0 Å². The Morgan fingerprint density at radius 1 is 0.339 bits per heavy atom. The molecule has 2 heterocycles. The molecule has 0 saturated carbocycles. The maximum Gasteiger partial charge on any atom is 0.113 e. The van der Waals surface area contributed by atoms with E-state index < -0.39 is 8.07 Å². The summed E-state index contributed by atoms with van der Waals surface area (Å²) >= 11 is 0. The average molecular weight is 771 g/mol. The number of hydrogen-bond donors (Lipinski definition) is 0. The Kier molecular flexibility index (Phi) is 8.31. The maximum absolute atomic E-state index is 2.49. The van der Waals surface area contributed by atoms with E-state index in [1.165, 1.54) is 88.1 Å². The van der Waals surface area contributed by atoms with E-state index in [1.54, 1.807) is 0 Å². The van der Waals surface area contributed by atoms with Crippen LogP contribution in [0.5, 0.6) is 0 Å². The third-order valence-corrected chi connectivity index (χ3v) is 16.0. The molecule has 0 bridgehead atoms. The van der Waals surface area contributed by atoms with E-state index in [-0.39, 0.29) is 0 Å². The van der Waals surface area contributed by atoms with Crippen molar-refractivity contribution in [2.75, 3.05) is 4.90 Å². The third kappa shape index (κ3) is 5.93. The molecule has 280 valence electrons. The van der Waals surface area contributed by atoms with Gasteiger partial charge in [-0.2, -0.15) is 0 Å². The monoisotopic (exact) mass is 770 g/mol. The van der Waals surface area contributed by atoms with Gasteiger partial charge in [0.25, 0.3) is 0 Å². The first-order valence-corrected chi connectivity index (χ1v) is 23.5. The van der Waals surface area contributed by atoms with Crippen LogP contribution >= 0.6 is 0 Å². The van der Waals surface area contributed by atoms with Crippen molar-refractivity contribution in [2.24, 2.45) is 0 Å². The van der Waals surface area contributed by atoms with Crippen molar-refractivity contribution in [3.8, 4) is 50.2 Å². The van der Waals surface area contributed by atoms with Crippen LogP contribution in [0.15, 0.2) is 218 Å². The van der Waals surface area contributed by atoms with Gasteiger partial charge in [0, 0.05) is 33.5 Å². The second kappa shape index (κ2) is 14.0. The molecule has 1 aliphatic heterocycles. The highest BCUT2D eigenvalue weighted by atomic mass is 28.3. The van der Waals surface area contributed by atoms with Crippen LogP contribution in [0.25, 0.3) is 72.0 Å². The Bertz CT molecular complexity index is 3140. The van der Waals surface area contributed by atoms with Crippen molar-refractivity contribution in [3.63, 3.8) is 0 Å². The zero-order valence-electron chi connectivity index (χ0n) is 33.2. The van der Waals surface area contributed by atoms with Gasteiger partial charge in [-0.1, -0.05) is 165 Å². The minimum Gasteiger partial charge on any atom is -0.311 e. The van der Waals surface area contributed by atoms with Gasteiger partial charge in [-0.3, -0.25) is 0 Å². The number of fused-ring (bicyclic) bond motifs is 6.